The van der Waals surface area contributed by atoms with Crippen LogP contribution in [0.1, 0.15) is 30.8 Å². The van der Waals surface area contributed by atoms with E-state index in [1.807, 2.05) is 19.1 Å². The average molecular weight is 319 g/mol. The van der Waals surface area contributed by atoms with Gasteiger partial charge in [-0.05, 0) is 31.9 Å². The molecule has 0 aliphatic carbocycles. The van der Waals surface area contributed by atoms with Crippen LogP contribution < -0.4 is 0 Å². The summed E-state index contributed by atoms with van der Waals surface area (Å²) >= 11 is 0. The van der Waals surface area contributed by atoms with E-state index < -0.39 is 0 Å². The molecule has 0 N–H and O–H groups in total. The Hall–Kier alpha value is -1.82. The van der Waals surface area contributed by atoms with E-state index in [0.29, 0.717) is 12.5 Å². The van der Waals surface area contributed by atoms with Gasteiger partial charge in [-0.1, -0.05) is 0 Å². The third-order valence-electron chi connectivity index (χ3n) is 4.96. The van der Waals surface area contributed by atoms with E-state index in [0.717, 1.165) is 37.5 Å². The fraction of sp³-hybridized carbons (Fsp3) is 0.647. The van der Waals surface area contributed by atoms with Crippen LogP contribution in [0, 0.1) is 6.92 Å². The minimum absolute atomic E-state index is 0.0147. The molecule has 0 spiro atoms. The number of nitrogens with zero attached hydrogens (tertiary/aromatic N) is 3. The number of piperidine rings is 1. The molecule has 0 aromatic carbocycles. The maximum atomic E-state index is 12.3. The first-order valence-corrected chi connectivity index (χ1v) is 8.24. The maximum Gasteiger partial charge on any atom is 0.241 e. The van der Waals surface area contributed by atoms with E-state index in [-0.39, 0.29) is 24.4 Å². The highest BCUT2D eigenvalue weighted by molar-refractivity contribution is 5.85. The number of furan rings is 1. The lowest BCUT2D eigenvalue weighted by Gasteiger charge is -2.39. The maximum absolute atomic E-state index is 12.3. The van der Waals surface area contributed by atoms with Crippen molar-refractivity contribution in [3.05, 3.63) is 23.7 Å². The number of aryl methyl sites for hydroxylation is 1. The normalized spacial score (nSPS) is 24.8. The molecule has 0 unspecified atom stereocenters. The summed E-state index contributed by atoms with van der Waals surface area (Å²) in [5.74, 6) is 1.99. The zero-order valence-corrected chi connectivity index (χ0v) is 14.1. The fourth-order valence-corrected chi connectivity index (χ4v) is 3.70. The van der Waals surface area contributed by atoms with Gasteiger partial charge in [-0.15, -0.1) is 0 Å². The van der Waals surface area contributed by atoms with Gasteiger partial charge in [-0.2, -0.15) is 0 Å². The van der Waals surface area contributed by atoms with Gasteiger partial charge in [0.05, 0.1) is 6.54 Å². The molecule has 2 aliphatic heterocycles. The summed E-state index contributed by atoms with van der Waals surface area (Å²) in [6, 6.07) is 4.48. The lowest BCUT2D eigenvalue weighted by Crippen LogP contribution is -2.54. The van der Waals surface area contributed by atoms with Gasteiger partial charge in [0, 0.05) is 39.1 Å². The van der Waals surface area contributed by atoms with Crippen molar-refractivity contribution < 1.29 is 14.0 Å². The lowest BCUT2D eigenvalue weighted by atomic mass is 9.96. The molecule has 0 bridgehead atoms. The van der Waals surface area contributed by atoms with Gasteiger partial charge in [-0.25, -0.2) is 0 Å². The second-order valence-corrected chi connectivity index (χ2v) is 6.75. The summed E-state index contributed by atoms with van der Waals surface area (Å²) in [6.45, 7) is 3.86. The Bertz CT molecular complexity index is 596. The smallest absolute Gasteiger partial charge is 0.241 e. The van der Waals surface area contributed by atoms with E-state index >= 15 is 0 Å². The van der Waals surface area contributed by atoms with Crippen LogP contribution in [0.15, 0.2) is 16.5 Å². The Morgan fingerprint density at radius 2 is 2.09 bits per heavy atom. The SMILES string of the molecule is Cc1ccc(CN2CC[C@@H]3[C@H]2CCC(=O)N3CC(=O)N(C)C)o1. The zero-order valence-electron chi connectivity index (χ0n) is 14.1. The van der Waals surface area contributed by atoms with Gasteiger partial charge in [0.1, 0.15) is 18.1 Å². The van der Waals surface area contributed by atoms with E-state index in [9.17, 15) is 9.59 Å². The number of hydrogen-bond donors (Lipinski definition) is 0. The van der Waals surface area contributed by atoms with Crippen LogP contribution in [-0.4, -0.2) is 65.8 Å². The van der Waals surface area contributed by atoms with Gasteiger partial charge in [0.15, 0.2) is 0 Å². The summed E-state index contributed by atoms with van der Waals surface area (Å²) in [5, 5.41) is 0. The predicted molar refractivity (Wildman–Crippen MR) is 85.7 cm³/mol. The highest BCUT2D eigenvalue weighted by Crippen LogP contribution is 2.32. The summed E-state index contributed by atoms with van der Waals surface area (Å²) in [7, 11) is 3.46. The molecule has 2 saturated heterocycles. The molecule has 3 rings (SSSR count). The lowest BCUT2D eigenvalue weighted by molar-refractivity contribution is -0.144. The summed E-state index contributed by atoms with van der Waals surface area (Å²) in [5.41, 5.74) is 0. The molecule has 2 atom stereocenters. The number of carbonyl (C=O) groups is 2. The van der Waals surface area contributed by atoms with Crippen LogP contribution >= 0.6 is 0 Å². The van der Waals surface area contributed by atoms with Crippen LogP contribution in [0.2, 0.25) is 0 Å². The van der Waals surface area contributed by atoms with E-state index in [1.165, 1.54) is 0 Å². The van der Waals surface area contributed by atoms with E-state index in [4.69, 9.17) is 4.42 Å². The van der Waals surface area contributed by atoms with Crippen molar-refractivity contribution in [3.63, 3.8) is 0 Å². The highest BCUT2D eigenvalue weighted by Gasteiger charge is 2.43. The number of fused-ring (bicyclic) bond motifs is 1. The molecule has 6 heteroatoms. The minimum atomic E-state index is -0.0147. The molecule has 0 saturated carbocycles. The second kappa shape index (κ2) is 6.35. The third kappa shape index (κ3) is 3.27. The molecular weight excluding hydrogens is 294 g/mol. The molecule has 1 aromatic heterocycles. The molecule has 2 aliphatic rings. The molecule has 2 fully saturated rings. The van der Waals surface area contributed by atoms with Gasteiger partial charge >= 0.3 is 0 Å². The standard InChI is InChI=1S/C17H25N3O3/c1-12-4-5-13(23-12)10-19-9-8-15-14(19)6-7-16(21)20(15)11-17(22)18(2)3/h4-5,14-15H,6-11H2,1-3H3/t14-,15-/m1/s1. The van der Waals surface area contributed by atoms with E-state index in [1.54, 1.807) is 23.9 Å². The van der Waals surface area contributed by atoms with Gasteiger partial charge in [-0.3, -0.25) is 14.5 Å². The number of amides is 2. The number of carbonyl (C=O) groups excluding carboxylic acids is 2. The largest absolute Gasteiger partial charge is 0.465 e. The summed E-state index contributed by atoms with van der Waals surface area (Å²) in [6.07, 6.45) is 2.32. The van der Waals surface area contributed by atoms with Crippen molar-refractivity contribution >= 4 is 11.8 Å². The van der Waals surface area contributed by atoms with Crippen molar-refractivity contribution in [2.45, 2.75) is 44.8 Å². The topological polar surface area (TPSA) is 57.0 Å². The molecule has 126 valence electrons. The molecule has 3 heterocycles. The Balaban J connectivity index is 1.69. The Kier molecular flexibility index (Phi) is 4.43. The van der Waals surface area contributed by atoms with Gasteiger partial charge in [0.2, 0.25) is 11.8 Å². The Morgan fingerprint density at radius 3 is 2.74 bits per heavy atom. The van der Waals surface area contributed by atoms with Gasteiger partial charge in [0.25, 0.3) is 0 Å². The van der Waals surface area contributed by atoms with E-state index in [2.05, 4.69) is 4.90 Å². The second-order valence-electron chi connectivity index (χ2n) is 6.75. The summed E-state index contributed by atoms with van der Waals surface area (Å²) < 4.78 is 5.69. The van der Waals surface area contributed by atoms with Crippen LogP contribution in [-0.2, 0) is 16.1 Å². The zero-order chi connectivity index (χ0) is 16.6. The molecular formula is C17H25N3O3. The van der Waals surface area contributed by atoms with Crippen molar-refractivity contribution in [2.24, 2.45) is 0 Å². The van der Waals surface area contributed by atoms with Crippen molar-refractivity contribution in [2.75, 3.05) is 27.2 Å². The minimum Gasteiger partial charge on any atom is -0.465 e. The molecule has 1 aromatic rings. The number of rotatable bonds is 4. The van der Waals surface area contributed by atoms with Gasteiger partial charge < -0.3 is 14.2 Å². The first-order valence-electron chi connectivity index (χ1n) is 8.24. The van der Waals surface area contributed by atoms with Crippen LogP contribution in [0.25, 0.3) is 0 Å². The monoisotopic (exact) mass is 319 g/mol. The molecule has 2 amide bonds. The van der Waals surface area contributed by atoms with Crippen molar-refractivity contribution in [1.82, 2.24) is 14.7 Å². The average Bonchev–Trinajstić information content (AvgIpc) is 3.09. The first-order chi connectivity index (χ1) is 11.0. The number of likely N-dealkylation sites (tertiary alicyclic amines) is 2. The predicted octanol–water partition coefficient (Wildman–Crippen LogP) is 1.24. The van der Waals surface area contributed by atoms with Crippen molar-refractivity contribution in [3.8, 4) is 0 Å². The Labute approximate surface area is 137 Å². The first kappa shape index (κ1) is 16.1. The molecule has 6 nitrogen and oxygen atoms in total. The highest BCUT2D eigenvalue weighted by atomic mass is 16.3. The molecule has 0 radical (unpaired) electrons. The fourth-order valence-electron chi connectivity index (χ4n) is 3.70. The van der Waals surface area contributed by atoms with Crippen LogP contribution in [0.4, 0.5) is 0 Å². The van der Waals surface area contributed by atoms with Crippen LogP contribution in [0.5, 0.6) is 0 Å². The Morgan fingerprint density at radius 1 is 1.30 bits per heavy atom. The summed E-state index contributed by atoms with van der Waals surface area (Å²) in [4.78, 5) is 30.0. The number of hydrogen-bond acceptors (Lipinski definition) is 4. The number of likely N-dealkylation sites (N-methyl/N-ethyl adjacent to an activating group) is 1. The quantitative estimate of drug-likeness (QED) is 0.838. The van der Waals surface area contributed by atoms with Crippen LogP contribution in [0.3, 0.4) is 0 Å². The third-order valence-corrected chi connectivity index (χ3v) is 4.96. The molecule has 23 heavy (non-hydrogen) atoms. The van der Waals surface area contributed by atoms with Crippen molar-refractivity contribution in [1.29, 1.82) is 0 Å².